The molecule has 0 aliphatic carbocycles. The molecule has 3 rings (SSSR count). The molecule has 0 saturated heterocycles. The van der Waals surface area contributed by atoms with Crippen molar-refractivity contribution in [2.75, 3.05) is 7.05 Å². The highest BCUT2D eigenvalue weighted by molar-refractivity contribution is 7.11. The molecule has 1 atom stereocenters. The fourth-order valence-electron chi connectivity index (χ4n) is 2.98. The number of carbonyl (C=O) groups excluding carboxylic acids is 1. The van der Waals surface area contributed by atoms with Crippen molar-refractivity contribution >= 4 is 17.4 Å². The first-order chi connectivity index (χ1) is 11.5. The summed E-state index contributed by atoms with van der Waals surface area (Å²) in [6, 6.07) is -0.115. The summed E-state index contributed by atoms with van der Waals surface area (Å²) >= 11 is 1.69. The first kappa shape index (κ1) is 16.9. The van der Waals surface area contributed by atoms with Gasteiger partial charge in [0.1, 0.15) is 5.82 Å². The highest BCUT2D eigenvalue weighted by Gasteiger charge is 2.23. The van der Waals surface area contributed by atoms with Gasteiger partial charge < -0.3 is 14.8 Å². The zero-order valence-electron chi connectivity index (χ0n) is 14.7. The molecule has 24 heavy (non-hydrogen) atoms. The molecule has 0 bridgehead atoms. The molecule has 1 aliphatic heterocycles. The van der Waals surface area contributed by atoms with E-state index in [2.05, 4.69) is 32.0 Å². The van der Waals surface area contributed by atoms with Crippen LogP contribution < -0.4 is 5.32 Å². The van der Waals surface area contributed by atoms with Crippen molar-refractivity contribution in [3.63, 3.8) is 0 Å². The number of fused-ring (bicyclic) bond motifs is 1. The Morgan fingerprint density at radius 2 is 2.25 bits per heavy atom. The van der Waals surface area contributed by atoms with Gasteiger partial charge in [-0.05, 0) is 26.7 Å². The summed E-state index contributed by atoms with van der Waals surface area (Å²) in [7, 11) is 1.82. The summed E-state index contributed by atoms with van der Waals surface area (Å²) in [6.45, 7) is 7.49. The summed E-state index contributed by atoms with van der Waals surface area (Å²) in [5, 5.41) is 12.4. The van der Waals surface area contributed by atoms with Crippen molar-refractivity contribution in [1.82, 2.24) is 30.0 Å². The smallest absolute Gasteiger partial charge is 0.318 e. The summed E-state index contributed by atoms with van der Waals surface area (Å²) in [4.78, 5) is 19.9. The largest absolute Gasteiger partial charge is 0.331 e. The summed E-state index contributed by atoms with van der Waals surface area (Å²) in [5.74, 6) is 1.85. The minimum atomic E-state index is -0.108. The fraction of sp³-hybridized carbons (Fsp3) is 0.625. The van der Waals surface area contributed by atoms with E-state index in [4.69, 9.17) is 0 Å². The molecule has 0 radical (unpaired) electrons. The maximum atomic E-state index is 12.5. The van der Waals surface area contributed by atoms with Crippen LogP contribution in [0.4, 0.5) is 4.79 Å². The van der Waals surface area contributed by atoms with Gasteiger partial charge >= 0.3 is 6.03 Å². The lowest BCUT2D eigenvalue weighted by molar-refractivity contribution is 0.194. The summed E-state index contributed by atoms with van der Waals surface area (Å²) in [6.07, 6.45) is 3.00. The first-order valence-corrected chi connectivity index (χ1v) is 9.20. The summed E-state index contributed by atoms with van der Waals surface area (Å²) < 4.78 is 2.10. The molecule has 0 spiro atoms. The van der Waals surface area contributed by atoms with Gasteiger partial charge in [0.2, 0.25) is 0 Å². The zero-order chi connectivity index (χ0) is 17.3. The molecule has 1 unspecified atom stereocenters. The molecule has 0 fully saturated rings. The normalized spacial score (nSPS) is 14.5. The predicted octanol–water partition coefficient (Wildman–Crippen LogP) is 2.45. The van der Waals surface area contributed by atoms with Crippen LogP contribution in [-0.4, -0.2) is 37.7 Å². The van der Waals surface area contributed by atoms with Gasteiger partial charge in [0, 0.05) is 24.9 Å². The molecule has 3 heterocycles. The van der Waals surface area contributed by atoms with E-state index in [0.29, 0.717) is 6.54 Å². The predicted molar refractivity (Wildman–Crippen MR) is 93.0 cm³/mol. The molecule has 130 valence electrons. The lowest BCUT2D eigenvalue weighted by atomic mass is 10.2. The quantitative estimate of drug-likeness (QED) is 0.900. The Morgan fingerprint density at radius 3 is 2.96 bits per heavy atom. The van der Waals surface area contributed by atoms with Crippen molar-refractivity contribution < 1.29 is 4.79 Å². The molecule has 8 heteroatoms. The van der Waals surface area contributed by atoms with Crippen molar-refractivity contribution in [3.8, 4) is 0 Å². The number of nitrogens with zero attached hydrogens (tertiary/aromatic N) is 5. The van der Waals surface area contributed by atoms with Gasteiger partial charge in [0.15, 0.2) is 5.82 Å². The molecule has 7 nitrogen and oxygen atoms in total. The van der Waals surface area contributed by atoms with Crippen molar-refractivity contribution in [1.29, 1.82) is 0 Å². The van der Waals surface area contributed by atoms with Crippen LogP contribution >= 0.6 is 11.3 Å². The van der Waals surface area contributed by atoms with Crippen LogP contribution in [0, 0.1) is 6.92 Å². The number of hydrogen-bond donors (Lipinski definition) is 1. The van der Waals surface area contributed by atoms with E-state index < -0.39 is 0 Å². The molecule has 2 aromatic rings. The van der Waals surface area contributed by atoms with E-state index in [1.165, 1.54) is 0 Å². The minimum absolute atomic E-state index is 0.00749. The topological polar surface area (TPSA) is 75.9 Å². The third-order valence-corrected chi connectivity index (χ3v) is 6.02. The van der Waals surface area contributed by atoms with Gasteiger partial charge in [-0.25, -0.2) is 9.78 Å². The first-order valence-electron chi connectivity index (χ1n) is 8.39. The number of aryl methyl sites for hydroxylation is 3. The Labute approximate surface area is 146 Å². The van der Waals surface area contributed by atoms with Crippen LogP contribution in [0.25, 0.3) is 0 Å². The standard InChI is InChI=1S/C16H24N6OS/c1-5-14-18-10(2)15(24-14)11(3)21(4)16(23)17-9-13-20-19-12-7-6-8-22(12)13/h11H,5-9H2,1-4H3,(H,17,23). The van der Waals surface area contributed by atoms with Gasteiger partial charge in [0.05, 0.1) is 23.3 Å². The average Bonchev–Trinajstić information content (AvgIpc) is 3.26. The second kappa shape index (κ2) is 6.88. The van der Waals surface area contributed by atoms with Crippen LogP contribution in [0.1, 0.15) is 53.5 Å². The lowest BCUT2D eigenvalue weighted by Crippen LogP contribution is -2.38. The van der Waals surface area contributed by atoms with E-state index in [1.807, 2.05) is 20.9 Å². The molecule has 0 aromatic carbocycles. The van der Waals surface area contributed by atoms with Crippen LogP contribution in [-0.2, 0) is 25.9 Å². The van der Waals surface area contributed by atoms with E-state index in [9.17, 15) is 4.79 Å². The third kappa shape index (κ3) is 3.15. The van der Waals surface area contributed by atoms with Crippen LogP contribution in [0.15, 0.2) is 0 Å². The van der Waals surface area contributed by atoms with Gasteiger partial charge in [-0.15, -0.1) is 21.5 Å². The third-order valence-electron chi connectivity index (χ3n) is 4.54. The van der Waals surface area contributed by atoms with Crippen molar-refractivity contribution in [3.05, 3.63) is 27.2 Å². The Morgan fingerprint density at radius 1 is 1.46 bits per heavy atom. The molecular weight excluding hydrogens is 324 g/mol. The Balaban J connectivity index is 1.62. The number of amides is 2. The number of aromatic nitrogens is 4. The van der Waals surface area contributed by atoms with Crippen LogP contribution in [0.3, 0.4) is 0 Å². The maximum absolute atomic E-state index is 12.5. The number of urea groups is 1. The van der Waals surface area contributed by atoms with Crippen molar-refractivity contribution in [2.45, 2.75) is 59.2 Å². The maximum Gasteiger partial charge on any atom is 0.318 e. The van der Waals surface area contributed by atoms with Gasteiger partial charge in [-0.1, -0.05) is 6.92 Å². The molecule has 2 amide bonds. The highest BCUT2D eigenvalue weighted by atomic mass is 32.1. The van der Waals surface area contributed by atoms with Crippen molar-refractivity contribution in [2.24, 2.45) is 0 Å². The number of carbonyl (C=O) groups is 1. The Hall–Kier alpha value is -1.96. The minimum Gasteiger partial charge on any atom is -0.331 e. The fourth-order valence-corrected chi connectivity index (χ4v) is 4.08. The number of rotatable bonds is 5. The molecule has 0 saturated carbocycles. The number of nitrogens with one attached hydrogen (secondary N) is 1. The SMILES string of the molecule is CCc1nc(C)c(C(C)N(C)C(=O)NCc2nnc3n2CCC3)s1. The second-order valence-electron chi connectivity index (χ2n) is 6.14. The second-order valence-corrected chi connectivity index (χ2v) is 7.26. The molecular formula is C16H24N6OS. The van der Waals surface area contributed by atoms with Gasteiger partial charge in [0.25, 0.3) is 0 Å². The molecule has 1 N–H and O–H groups in total. The zero-order valence-corrected chi connectivity index (χ0v) is 15.5. The summed E-state index contributed by atoms with van der Waals surface area (Å²) in [5.41, 5.74) is 1.01. The molecule has 2 aromatic heterocycles. The van der Waals surface area contributed by atoms with Crippen LogP contribution in [0.2, 0.25) is 0 Å². The van der Waals surface area contributed by atoms with Gasteiger partial charge in [-0.3, -0.25) is 0 Å². The molecule has 1 aliphatic rings. The number of thiazole rings is 1. The van der Waals surface area contributed by atoms with E-state index >= 15 is 0 Å². The monoisotopic (exact) mass is 348 g/mol. The highest BCUT2D eigenvalue weighted by Crippen LogP contribution is 2.28. The average molecular weight is 348 g/mol. The van der Waals surface area contributed by atoms with Gasteiger partial charge in [-0.2, -0.15) is 0 Å². The number of hydrogen-bond acceptors (Lipinski definition) is 5. The lowest BCUT2D eigenvalue weighted by Gasteiger charge is -2.24. The van der Waals surface area contributed by atoms with E-state index in [1.54, 1.807) is 16.2 Å². The van der Waals surface area contributed by atoms with Crippen LogP contribution in [0.5, 0.6) is 0 Å². The van der Waals surface area contributed by atoms with E-state index in [0.717, 1.165) is 53.0 Å². The van der Waals surface area contributed by atoms with E-state index in [-0.39, 0.29) is 12.1 Å². The Bertz CT molecular complexity index is 737. The Kier molecular flexibility index (Phi) is 4.84.